The minimum Gasteiger partial charge on any atom is -0.351 e. The lowest BCUT2D eigenvalue weighted by atomic mass is 10.1. The predicted octanol–water partition coefficient (Wildman–Crippen LogP) is 3.98. The zero-order chi connectivity index (χ0) is 13.5. The molecule has 2 nitrogen and oxygen atoms in total. The highest BCUT2D eigenvalue weighted by molar-refractivity contribution is 5.20. The van der Waals surface area contributed by atoms with Crippen molar-refractivity contribution >= 4 is 0 Å². The van der Waals surface area contributed by atoms with Gasteiger partial charge in [0.05, 0.1) is 0 Å². The molecule has 0 aromatic carbocycles. The van der Waals surface area contributed by atoms with Gasteiger partial charge in [-0.1, -0.05) is 27.7 Å². The second-order valence-electron chi connectivity index (χ2n) is 6.18. The van der Waals surface area contributed by atoms with Crippen molar-refractivity contribution in [3.05, 3.63) is 23.5 Å². The maximum Gasteiger partial charge on any atom is 0.0223 e. The fourth-order valence-corrected chi connectivity index (χ4v) is 2.19. The fraction of sp³-hybridized carbons (Fsp3) is 0.750. The summed E-state index contributed by atoms with van der Waals surface area (Å²) < 4.78 is 2.40. The molecule has 0 atom stereocenters. The van der Waals surface area contributed by atoms with Crippen molar-refractivity contribution < 1.29 is 0 Å². The SMILES string of the molecule is Cc1c(CNCC(C)C)ccn1CCCC(C)C. The molecule has 0 spiro atoms. The van der Waals surface area contributed by atoms with E-state index in [9.17, 15) is 0 Å². The lowest BCUT2D eigenvalue weighted by Gasteiger charge is -2.10. The normalized spacial score (nSPS) is 11.7. The van der Waals surface area contributed by atoms with E-state index in [0.717, 1.165) is 31.5 Å². The summed E-state index contributed by atoms with van der Waals surface area (Å²) in [5, 5.41) is 3.52. The molecular formula is C16H30N2. The van der Waals surface area contributed by atoms with E-state index in [-0.39, 0.29) is 0 Å². The topological polar surface area (TPSA) is 17.0 Å². The van der Waals surface area contributed by atoms with Gasteiger partial charge in [-0.2, -0.15) is 0 Å². The van der Waals surface area contributed by atoms with Gasteiger partial charge in [0.2, 0.25) is 0 Å². The van der Waals surface area contributed by atoms with Gasteiger partial charge in [-0.15, -0.1) is 0 Å². The molecular weight excluding hydrogens is 220 g/mol. The minimum atomic E-state index is 0.721. The molecule has 1 aromatic rings. The Morgan fingerprint density at radius 2 is 1.89 bits per heavy atom. The van der Waals surface area contributed by atoms with E-state index >= 15 is 0 Å². The summed E-state index contributed by atoms with van der Waals surface area (Å²) in [6, 6.07) is 2.26. The maximum absolute atomic E-state index is 3.52. The van der Waals surface area contributed by atoms with E-state index in [4.69, 9.17) is 0 Å². The fourth-order valence-electron chi connectivity index (χ4n) is 2.19. The summed E-state index contributed by atoms with van der Waals surface area (Å²) in [4.78, 5) is 0. The molecule has 0 aliphatic rings. The molecule has 0 bridgehead atoms. The first-order chi connectivity index (χ1) is 8.50. The molecule has 0 saturated carbocycles. The zero-order valence-electron chi connectivity index (χ0n) is 12.8. The van der Waals surface area contributed by atoms with Gasteiger partial charge in [0, 0.05) is 25.0 Å². The van der Waals surface area contributed by atoms with E-state index in [1.54, 1.807) is 0 Å². The van der Waals surface area contributed by atoms with Gasteiger partial charge in [0.25, 0.3) is 0 Å². The quantitative estimate of drug-likeness (QED) is 0.738. The highest BCUT2D eigenvalue weighted by atomic mass is 15.0. The molecule has 18 heavy (non-hydrogen) atoms. The zero-order valence-corrected chi connectivity index (χ0v) is 12.8. The number of hydrogen-bond acceptors (Lipinski definition) is 1. The summed E-state index contributed by atoms with van der Waals surface area (Å²) in [5.74, 6) is 1.53. The van der Waals surface area contributed by atoms with Gasteiger partial charge >= 0.3 is 0 Å². The van der Waals surface area contributed by atoms with E-state index in [1.165, 1.54) is 24.1 Å². The molecule has 0 fully saturated rings. The Kier molecular flexibility index (Phi) is 6.48. The minimum absolute atomic E-state index is 0.721. The number of aryl methyl sites for hydroxylation is 1. The van der Waals surface area contributed by atoms with Crippen LogP contribution >= 0.6 is 0 Å². The van der Waals surface area contributed by atoms with Crippen molar-refractivity contribution in [3.8, 4) is 0 Å². The van der Waals surface area contributed by atoms with Crippen LogP contribution in [0.5, 0.6) is 0 Å². The molecule has 0 amide bonds. The van der Waals surface area contributed by atoms with Crippen molar-refractivity contribution in [2.24, 2.45) is 11.8 Å². The monoisotopic (exact) mass is 250 g/mol. The molecule has 0 aliphatic carbocycles. The molecule has 1 N–H and O–H groups in total. The van der Waals surface area contributed by atoms with E-state index < -0.39 is 0 Å². The van der Waals surface area contributed by atoms with E-state index in [1.807, 2.05) is 0 Å². The maximum atomic E-state index is 3.52. The molecule has 1 aromatic heterocycles. The first-order valence-electron chi connectivity index (χ1n) is 7.36. The second kappa shape index (κ2) is 7.63. The van der Waals surface area contributed by atoms with Crippen molar-refractivity contribution in [2.45, 2.75) is 60.5 Å². The molecule has 0 saturated heterocycles. The molecule has 0 aliphatic heterocycles. The Morgan fingerprint density at radius 3 is 2.50 bits per heavy atom. The third kappa shape index (κ3) is 5.26. The lowest BCUT2D eigenvalue weighted by molar-refractivity contribution is 0.507. The van der Waals surface area contributed by atoms with Gasteiger partial charge in [-0.05, 0) is 49.8 Å². The molecule has 1 rings (SSSR count). The summed E-state index contributed by atoms with van der Waals surface area (Å²) in [6.07, 6.45) is 4.84. The van der Waals surface area contributed by atoms with Crippen molar-refractivity contribution in [3.63, 3.8) is 0 Å². The van der Waals surface area contributed by atoms with Crippen molar-refractivity contribution in [1.29, 1.82) is 0 Å². The molecule has 104 valence electrons. The van der Waals surface area contributed by atoms with Crippen LogP contribution in [0.1, 0.15) is 51.8 Å². The Labute approximate surface area is 113 Å². The summed E-state index contributed by atoms with van der Waals surface area (Å²) >= 11 is 0. The summed E-state index contributed by atoms with van der Waals surface area (Å²) in [7, 11) is 0. The van der Waals surface area contributed by atoms with Crippen LogP contribution in [0, 0.1) is 18.8 Å². The Morgan fingerprint density at radius 1 is 1.17 bits per heavy atom. The van der Waals surface area contributed by atoms with Crippen LogP contribution in [0.2, 0.25) is 0 Å². The first-order valence-corrected chi connectivity index (χ1v) is 7.36. The standard InChI is InChI=1S/C16H30N2/c1-13(2)7-6-9-18-10-8-16(15(18)5)12-17-11-14(3)4/h8,10,13-14,17H,6-7,9,11-12H2,1-5H3. The number of rotatable bonds is 8. The third-order valence-corrected chi connectivity index (χ3v) is 3.40. The largest absolute Gasteiger partial charge is 0.351 e. The van der Waals surface area contributed by atoms with Crippen LogP contribution in [0.4, 0.5) is 0 Å². The molecule has 0 radical (unpaired) electrons. The summed E-state index contributed by atoms with van der Waals surface area (Å²) in [5.41, 5.74) is 2.87. The van der Waals surface area contributed by atoms with Crippen LogP contribution in [0.25, 0.3) is 0 Å². The number of nitrogens with one attached hydrogen (secondary N) is 1. The Hall–Kier alpha value is -0.760. The first kappa shape index (κ1) is 15.3. The van der Waals surface area contributed by atoms with Crippen LogP contribution in [-0.4, -0.2) is 11.1 Å². The smallest absolute Gasteiger partial charge is 0.0223 e. The number of nitrogens with zero attached hydrogens (tertiary/aromatic N) is 1. The highest BCUT2D eigenvalue weighted by Crippen LogP contribution is 2.12. The van der Waals surface area contributed by atoms with Crippen molar-refractivity contribution in [1.82, 2.24) is 9.88 Å². The van der Waals surface area contributed by atoms with Gasteiger partial charge in [0.1, 0.15) is 0 Å². The predicted molar refractivity (Wildman–Crippen MR) is 79.8 cm³/mol. The third-order valence-electron chi connectivity index (χ3n) is 3.40. The van der Waals surface area contributed by atoms with Crippen LogP contribution in [0.3, 0.4) is 0 Å². The van der Waals surface area contributed by atoms with Gasteiger partial charge in [0.15, 0.2) is 0 Å². The average Bonchev–Trinajstić information content (AvgIpc) is 2.60. The van der Waals surface area contributed by atoms with Crippen molar-refractivity contribution in [2.75, 3.05) is 6.54 Å². The van der Waals surface area contributed by atoms with Gasteiger partial charge in [-0.25, -0.2) is 0 Å². The van der Waals surface area contributed by atoms with Gasteiger partial charge < -0.3 is 9.88 Å². The molecule has 2 heteroatoms. The molecule has 1 heterocycles. The summed E-state index contributed by atoms with van der Waals surface area (Å²) in [6.45, 7) is 14.6. The number of hydrogen-bond donors (Lipinski definition) is 1. The van der Waals surface area contributed by atoms with E-state index in [2.05, 4.69) is 56.8 Å². The number of aromatic nitrogens is 1. The second-order valence-corrected chi connectivity index (χ2v) is 6.18. The van der Waals surface area contributed by atoms with Gasteiger partial charge in [-0.3, -0.25) is 0 Å². The van der Waals surface area contributed by atoms with E-state index in [0.29, 0.717) is 0 Å². The van der Waals surface area contributed by atoms with Crippen LogP contribution in [0.15, 0.2) is 12.3 Å². The van der Waals surface area contributed by atoms with Crippen LogP contribution < -0.4 is 5.32 Å². The Bertz CT molecular complexity index is 305. The highest BCUT2D eigenvalue weighted by Gasteiger charge is 2.05. The average molecular weight is 250 g/mol. The Balaban J connectivity index is 2.40. The molecule has 0 unspecified atom stereocenters. The van der Waals surface area contributed by atoms with Crippen LogP contribution in [-0.2, 0) is 13.1 Å². The lowest BCUT2D eigenvalue weighted by Crippen LogP contribution is -2.19.